The molecule has 0 aromatic heterocycles. The van der Waals surface area contributed by atoms with Gasteiger partial charge in [0.1, 0.15) is 0 Å². The molecule has 0 spiro atoms. The van der Waals surface area contributed by atoms with Crippen LogP contribution in [0.5, 0.6) is 0 Å². The van der Waals surface area contributed by atoms with E-state index in [0.29, 0.717) is 0 Å². The molecule has 0 atom stereocenters. The summed E-state index contributed by atoms with van der Waals surface area (Å²) in [5.41, 5.74) is 0. The maximum atomic E-state index is 10.9. The molecule has 0 fully saturated rings. The minimum Gasteiger partial charge on any atom is -0.353 e. The third-order valence-corrected chi connectivity index (χ3v) is 3.86. The van der Waals surface area contributed by atoms with E-state index >= 15 is 0 Å². The van der Waals surface area contributed by atoms with Crippen molar-refractivity contribution in [3.63, 3.8) is 0 Å². The Balaban J connectivity index is 3.19. The minimum atomic E-state index is -0.0624. The van der Waals surface area contributed by atoms with Crippen molar-refractivity contribution < 1.29 is 4.79 Å². The molecule has 0 bridgehead atoms. The van der Waals surface area contributed by atoms with Crippen LogP contribution >= 0.6 is 0 Å². The molecule has 0 radical (unpaired) electrons. The maximum Gasteiger partial charge on any atom is 0.243 e. The van der Waals surface area contributed by atoms with Gasteiger partial charge in [-0.2, -0.15) is 0 Å². The quantitative estimate of drug-likeness (QED) is 0.208. The van der Waals surface area contributed by atoms with Crippen molar-refractivity contribution in [2.45, 2.75) is 84.0 Å². The van der Waals surface area contributed by atoms with E-state index in [4.69, 9.17) is 0 Å². The number of unbranched alkanes of at least 4 members (excludes halogenated alkanes) is 9. The summed E-state index contributed by atoms with van der Waals surface area (Å²) < 4.78 is 0. The van der Waals surface area contributed by atoms with Crippen molar-refractivity contribution >= 4 is 5.91 Å². The first-order valence-corrected chi connectivity index (χ1v) is 9.51. The minimum absolute atomic E-state index is 0.0624. The Labute approximate surface area is 144 Å². The fourth-order valence-corrected chi connectivity index (χ4v) is 2.40. The predicted octanol–water partition coefficient (Wildman–Crippen LogP) is 6.10. The maximum absolute atomic E-state index is 10.9. The van der Waals surface area contributed by atoms with Gasteiger partial charge in [0.05, 0.1) is 0 Å². The molecule has 132 valence electrons. The van der Waals surface area contributed by atoms with Crippen LogP contribution in [0.3, 0.4) is 0 Å². The standard InChI is InChI=1S/C21H37NO/c1-3-5-6-7-8-9-10-11-12-13-14-15-16-17-18-19-20-22-21(23)4-2/h4,8-9,11-12H,2-3,5-7,10,13-20H2,1H3,(H,22,23). The van der Waals surface area contributed by atoms with Gasteiger partial charge in [0, 0.05) is 6.54 Å². The van der Waals surface area contributed by atoms with Gasteiger partial charge in [-0.05, 0) is 44.6 Å². The number of hydrogen-bond acceptors (Lipinski definition) is 1. The molecule has 0 aromatic rings. The number of carbonyl (C=O) groups is 1. The molecule has 23 heavy (non-hydrogen) atoms. The Bertz CT molecular complexity index is 331. The number of carbonyl (C=O) groups excluding carboxylic acids is 1. The molecule has 0 rings (SSSR count). The van der Waals surface area contributed by atoms with E-state index in [1.54, 1.807) is 0 Å². The topological polar surface area (TPSA) is 29.1 Å². The summed E-state index contributed by atoms with van der Waals surface area (Å²) in [6.45, 7) is 6.46. The summed E-state index contributed by atoms with van der Waals surface area (Å²) in [5, 5.41) is 2.81. The van der Waals surface area contributed by atoms with E-state index in [-0.39, 0.29) is 5.91 Å². The van der Waals surface area contributed by atoms with Crippen LogP contribution in [0.25, 0.3) is 0 Å². The third-order valence-electron chi connectivity index (χ3n) is 3.86. The van der Waals surface area contributed by atoms with Crippen LogP contribution in [0, 0.1) is 0 Å². The van der Waals surface area contributed by atoms with Crippen LogP contribution in [0.2, 0.25) is 0 Å². The Morgan fingerprint density at radius 2 is 1.39 bits per heavy atom. The van der Waals surface area contributed by atoms with E-state index in [1.165, 1.54) is 70.3 Å². The fraction of sp³-hybridized carbons (Fsp3) is 0.667. The van der Waals surface area contributed by atoms with Gasteiger partial charge >= 0.3 is 0 Å². The summed E-state index contributed by atoms with van der Waals surface area (Å²) in [7, 11) is 0. The highest BCUT2D eigenvalue weighted by Crippen LogP contribution is 2.07. The van der Waals surface area contributed by atoms with Gasteiger partial charge in [0.15, 0.2) is 0 Å². The summed E-state index contributed by atoms with van der Waals surface area (Å²) in [5.74, 6) is -0.0624. The second-order valence-electron chi connectivity index (χ2n) is 6.08. The largest absolute Gasteiger partial charge is 0.353 e. The van der Waals surface area contributed by atoms with Crippen LogP contribution < -0.4 is 5.32 Å². The Morgan fingerprint density at radius 1 is 0.826 bits per heavy atom. The smallest absolute Gasteiger partial charge is 0.243 e. The zero-order valence-electron chi connectivity index (χ0n) is 15.2. The van der Waals surface area contributed by atoms with Gasteiger partial charge in [0.2, 0.25) is 5.91 Å². The molecule has 1 N–H and O–H groups in total. The van der Waals surface area contributed by atoms with Gasteiger partial charge in [-0.15, -0.1) is 0 Å². The van der Waals surface area contributed by atoms with Crippen molar-refractivity contribution in [2.24, 2.45) is 0 Å². The summed E-state index contributed by atoms with van der Waals surface area (Å²) >= 11 is 0. The van der Waals surface area contributed by atoms with E-state index in [0.717, 1.165) is 19.4 Å². The van der Waals surface area contributed by atoms with Crippen LogP contribution in [-0.2, 0) is 4.79 Å². The lowest BCUT2D eigenvalue weighted by Gasteiger charge is -2.02. The zero-order chi connectivity index (χ0) is 17.0. The van der Waals surface area contributed by atoms with Crippen molar-refractivity contribution in [1.29, 1.82) is 0 Å². The molecule has 1 amide bonds. The Kier molecular flexibility index (Phi) is 17.7. The van der Waals surface area contributed by atoms with Gasteiger partial charge in [-0.25, -0.2) is 0 Å². The molecule has 0 aliphatic carbocycles. The van der Waals surface area contributed by atoms with Crippen LogP contribution in [0.1, 0.15) is 84.0 Å². The summed E-state index contributed by atoms with van der Waals surface area (Å²) in [6, 6.07) is 0. The number of hydrogen-bond donors (Lipinski definition) is 1. The molecule has 0 heterocycles. The second-order valence-corrected chi connectivity index (χ2v) is 6.08. The lowest BCUT2D eigenvalue weighted by Crippen LogP contribution is -2.21. The van der Waals surface area contributed by atoms with Crippen molar-refractivity contribution in [3.05, 3.63) is 37.0 Å². The molecule has 0 saturated heterocycles. The molecule has 0 unspecified atom stereocenters. The Hall–Kier alpha value is -1.31. The van der Waals surface area contributed by atoms with Crippen LogP contribution in [0.15, 0.2) is 37.0 Å². The van der Waals surface area contributed by atoms with Gasteiger partial charge in [0.25, 0.3) is 0 Å². The summed E-state index contributed by atoms with van der Waals surface area (Å²) in [4.78, 5) is 10.9. The molecule has 2 nitrogen and oxygen atoms in total. The molecule has 0 aliphatic heterocycles. The molecule has 2 heteroatoms. The highest BCUT2D eigenvalue weighted by Gasteiger charge is 1.93. The SMILES string of the molecule is C=CC(=O)NCCCCCCCCC=CCC=CCCCCC. The highest BCUT2D eigenvalue weighted by atomic mass is 16.1. The first-order chi connectivity index (χ1) is 11.3. The van der Waals surface area contributed by atoms with E-state index in [2.05, 4.69) is 43.1 Å². The monoisotopic (exact) mass is 319 g/mol. The fourth-order valence-electron chi connectivity index (χ4n) is 2.40. The lowest BCUT2D eigenvalue weighted by molar-refractivity contribution is -0.116. The average molecular weight is 320 g/mol. The number of rotatable bonds is 16. The van der Waals surface area contributed by atoms with Gasteiger partial charge < -0.3 is 5.32 Å². The number of nitrogens with one attached hydrogen (secondary N) is 1. The van der Waals surface area contributed by atoms with E-state index < -0.39 is 0 Å². The average Bonchev–Trinajstić information content (AvgIpc) is 2.57. The zero-order valence-corrected chi connectivity index (χ0v) is 15.2. The first-order valence-electron chi connectivity index (χ1n) is 9.51. The number of allylic oxidation sites excluding steroid dienone is 4. The predicted molar refractivity (Wildman–Crippen MR) is 103 cm³/mol. The molecule has 0 aliphatic rings. The molecular formula is C21H37NO. The second kappa shape index (κ2) is 18.7. The molecule has 0 aromatic carbocycles. The van der Waals surface area contributed by atoms with Crippen molar-refractivity contribution in [1.82, 2.24) is 5.32 Å². The van der Waals surface area contributed by atoms with E-state index in [1.807, 2.05) is 0 Å². The Morgan fingerprint density at radius 3 is 2.00 bits per heavy atom. The highest BCUT2D eigenvalue weighted by molar-refractivity contribution is 5.86. The molecule has 0 saturated carbocycles. The normalized spacial score (nSPS) is 11.3. The third kappa shape index (κ3) is 18.6. The lowest BCUT2D eigenvalue weighted by atomic mass is 10.1. The first kappa shape index (κ1) is 21.7. The van der Waals surface area contributed by atoms with Gasteiger partial charge in [-0.3, -0.25) is 4.79 Å². The van der Waals surface area contributed by atoms with Gasteiger partial charge in [-0.1, -0.05) is 76.3 Å². The van der Waals surface area contributed by atoms with E-state index in [9.17, 15) is 4.79 Å². The van der Waals surface area contributed by atoms with Crippen molar-refractivity contribution in [3.8, 4) is 0 Å². The summed E-state index contributed by atoms with van der Waals surface area (Å²) in [6.07, 6.45) is 25.5. The van der Waals surface area contributed by atoms with Crippen molar-refractivity contribution in [2.75, 3.05) is 6.54 Å². The number of amides is 1. The molecular weight excluding hydrogens is 282 g/mol. The van der Waals surface area contributed by atoms with Crippen LogP contribution in [-0.4, -0.2) is 12.5 Å². The van der Waals surface area contributed by atoms with Crippen LogP contribution in [0.4, 0.5) is 0 Å².